The SMILES string of the molecule is CC(=O)Cl.NC(=O)CC[C@H](N)C(=O)NCC(=O)N[C@@H](CCCN=C(N)N)C(=O)O. The first kappa shape index (κ1) is 28.3. The summed E-state index contributed by atoms with van der Waals surface area (Å²) in [6, 6.07) is -2.13. The molecule has 0 radical (unpaired) electrons. The number of halogens is 1. The molecule has 0 aromatic heterocycles. The molecule has 0 heterocycles. The van der Waals surface area contributed by atoms with Crippen LogP contribution in [0, 0.1) is 0 Å². The molecule has 3 amide bonds. The molecule has 0 saturated carbocycles. The number of guanidine groups is 1. The number of carboxylic acid groups (broad SMARTS) is 1. The van der Waals surface area contributed by atoms with Gasteiger partial charge in [-0.15, -0.1) is 0 Å². The summed E-state index contributed by atoms with van der Waals surface area (Å²) in [6.07, 6.45) is 0.451. The van der Waals surface area contributed by atoms with Gasteiger partial charge in [-0.3, -0.25) is 24.2 Å². The summed E-state index contributed by atoms with van der Waals surface area (Å²) in [5.74, 6) is -3.25. The van der Waals surface area contributed by atoms with Gasteiger partial charge in [-0.05, 0) is 30.9 Å². The van der Waals surface area contributed by atoms with E-state index >= 15 is 0 Å². The number of nitrogens with zero attached hydrogens (tertiary/aromatic N) is 1. The number of amides is 3. The van der Waals surface area contributed by atoms with Gasteiger partial charge in [0.2, 0.25) is 23.0 Å². The van der Waals surface area contributed by atoms with E-state index in [1.807, 2.05) is 0 Å². The van der Waals surface area contributed by atoms with Crippen LogP contribution in [-0.2, 0) is 24.0 Å². The van der Waals surface area contributed by atoms with Crippen LogP contribution in [0.4, 0.5) is 0 Å². The monoisotopic (exact) mass is 437 g/mol. The number of carboxylic acids is 1. The Morgan fingerprint density at radius 2 is 1.66 bits per heavy atom. The Morgan fingerprint density at radius 3 is 2.10 bits per heavy atom. The minimum absolute atomic E-state index is 0.0470. The van der Waals surface area contributed by atoms with E-state index in [0.717, 1.165) is 0 Å². The summed E-state index contributed by atoms with van der Waals surface area (Å²) < 4.78 is 0. The number of primary amides is 1. The number of hydrogen-bond acceptors (Lipinski definition) is 7. The lowest BCUT2D eigenvalue weighted by Gasteiger charge is -2.15. The molecule has 166 valence electrons. The first-order valence-electron chi connectivity index (χ1n) is 8.42. The second-order valence-electron chi connectivity index (χ2n) is 5.71. The van der Waals surface area contributed by atoms with E-state index < -0.39 is 42.3 Å². The van der Waals surface area contributed by atoms with Crippen LogP contribution in [0.2, 0.25) is 0 Å². The van der Waals surface area contributed by atoms with Gasteiger partial charge in [0.25, 0.3) is 0 Å². The molecular weight excluding hydrogens is 410 g/mol. The summed E-state index contributed by atoms with van der Waals surface area (Å²) in [4.78, 5) is 58.0. The molecule has 0 aromatic rings. The molecule has 0 unspecified atom stereocenters. The first-order valence-corrected chi connectivity index (χ1v) is 8.79. The third-order valence-corrected chi connectivity index (χ3v) is 3.04. The lowest BCUT2D eigenvalue weighted by atomic mass is 10.1. The minimum atomic E-state index is -1.22. The Morgan fingerprint density at radius 1 is 1.10 bits per heavy atom. The maximum atomic E-state index is 11.7. The number of carbonyl (C=O) groups excluding carboxylic acids is 4. The predicted molar refractivity (Wildman–Crippen MR) is 105 cm³/mol. The van der Waals surface area contributed by atoms with Crippen molar-refractivity contribution in [3.63, 3.8) is 0 Å². The molecule has 14 heteroatoms. The summed E-state index contributed by atoms with van der Waals surface area (Å²) in [6.45, 7) is 1.08. The minimum Gasteiger partial charge on any atom is -0.480 e. The van der Waals surface area contributed by atoms with Crippen LogP contribution in [0.15, 0.2) is 4.99 Å². The van der Waals surface area contributed by atoms with Crippen LogP contribution in [0.3, 0.4) is 0 Å². The van der Waals surface area contributed by atoms with Crippen molar-refractivity contribution < 1.29 is 29.1 Å². The Hall–Kier alpha value is -2.93. The number of carbonyl (C=O) groups is 5. The highest BCUT2D eigenvalue weighted by Gasteiger charge is 2.20. The number of nitrogens with two attached hydrogens (primary N) is 4. The van der Waals surface area contributed by atoms with Gasteiger partial charge in [-0.25, -0.2) is 4.79 Å². The van der Waals surface area contributed by atoms with E-state index in [1.165, 1.54) is 6.92 Å². The highest BCUT2D eigenvalue weighted by Crippen LogP contribution is 1.99. The molecule has 0 spiro atoms. The van der Waals surface area contributed by atoms with Gasteiger partial charge in [0.15, 0.2) is 5.96 Å². The molecule has 0 aromatic carbocycles. The van der Waals surface area contributed by atoms with Gasteiger partial charge in [0.05, 0.1) is 12.6 Å². The molecule has 29 heavy (non-hydrogen) atoms. The van der Waals surface area contributed by atoms with E-state index in [-0.39, 0.29) is 37.0 Å². The van der Waals surface area contributed by atoms with E-state index in [0.29, 0.717) is 6.42 Å². The summed E-state index contributed by atoms with van der Waals surface area (Å²) >= 11 is 4.64. The molecule has 0 fully saturated rings. The van der Waals surface area contributed by atoms with Gasteiger partial charge in [0, 0.05) is 19.9 Å². The fourth-order valence-corrected chi connectivity index (χ4v) is 1.73. The molecule has 11 N–H and O–H groups in total. The van der Waals surface area contributed by atoms with Crippen molar-refractivity contribution >= 4 is 46.5 Å². The van der Waals surface area contributed by atoms with Crippen LogP contribution in [0.5, 0.6) is 0 Å². The van der Waals surface area contributed by atoms with E-state index in [2.05, 4.69) is 27.2 Å². The smallest absolute Gasteiger partial charge is 0.326 e. The second kappa shape index (κ2) is 16.1. The zero-order valence-corrected chi connectivity index (χ0v) is 16.8. The first-order chi connectivity index (χ1) is 13.4. The van der Waals surface area contributed by atoms with E-state index in [4.69, 9.17) is 28.0 Å². The number of nitrogens with one attached hydrogen (secondary N) is 2. The van der Waals surface area contributed by atoms with Crippen molar-refractivity contribution in [3.05, 3.63) is 0 Å². The third kappa shape index (κ3) is 19.6. The second-order valence-corrected chi connectivity index (χ2v) is 6.24. The van der Waals surface area contributed by atoms with Gasteiger partial charge < -0.3 is 38.7 Å². The maximum Gasteiger partial charge on any atom is 0.326 e. The fourth-order valence-electron chi connectivity index (χ4n) is 1.73. The normalized spacial score (nSPS) is 11.7. The predicted octanol–water partition coefficient (Wildman–Crippen LogP) is -2.91. The van der Waals surface area contributed by atoms with Crippen LogP contribution in [0.1, 0.15) is 32.6 Å². The van der Waals surface area contributed by atoms with Crippen LogP contribution < -0.4 is 33.6 Å². The third-order valence-electron chi connectivity index (χ3n) is 3.04. The van der Waals surface area contributed by atoms with E-state index in [1.54, 1.807) is 0 Å². The van der Waals surface area contributed by atoms with Gasteiger partial charge >= 0.3 is 5.97 Å². The quantitative estimate of drug-likeness (QED) is 0.0713. The number of aliphatic imine (C=N–C) groups is 1. The fraction of sp³-hybridized carbons (Fsp3) is 0.600. The number of hydrogen-bond donors (Lipinski definition) is 7. The lowest BCUT2D eigenvalue weighted by Crippen LogP contribution is -2.48. The molecule has 0 aliphatic rings. The van der Waals surface area contributed by atoms with Gasteiger partial charge in [0.1, 0.15) is 6.04 Å². The highest BCUT2D eigenvalue weighted by molar-refractivity contribution is 6.62. The number of rotatable bonds is 12. The zero-order chi connectivity index (χ0) is 23.0. The van der Waals surface area contributed by atoms with Crippen LogP contribution >= 0.6 is 11.6 Å². The molecule has 0 rings (SSSR count). The molecule has 0 saturated heterocycles. The van der Waals surface area contributed by atoms with Crippen molar-refractivity contribution in [1.29, 1.82) is 0 Å². The largest absolute Gasteiger partial charge is 0.480 e. The standard InChI is InChI=1S/C13H25N7O5.C2H3ClO/c14-7(3-4-9(15)21)11(23)19-6-10(22)20-8(12(24)25)2-1-5-18-13(16)17;1-2(3)4/h7-8H,1-6,14H2,(H2,15,21)(H,19,23)(H,20,22)(H,24,25)(H4,16,17,18);1H3/t7-,8-;/m0./s1. The Labute approximate surface area is 172 Å². The average Bonchev–Trinajstić information content (AvgIpc) is 2.59. The molecular formula is C15H28ClN7O6. The number of aliphatic carboxylic acids is 1. The van der Waals surface area contributed by atoms with Crippen molar-refractivity contribution in [2.24, 2.45) is 27.9 Å². The Kier molecular flexibility index (Phi) is 15.7. The average molecular weight is 438 g/mol. The van der Waals surface area contributed by atoms with Gasteiger partial charge in [-0.2, -0.15) is 0 Å². The molecule has 0 aliphatic carbocycles. The molecule has 13 nitrogen and oxygen atoms in total. The van der Waals surface area contributed by atoms with Crippen LogP contribution in [0.25, 0.3) is 0 Å². The summed E-state index contributed by atoms with van der Waals surface area (Å²) in [5.41, 5.74) is 20.8. The van der Waals surface area contributed by atoms with Crippen molar-refractivity contribution in [2.75, 3.05) is 13.1 Å². The summed E-state index contributed by atoms with van der Waals surface area (Å²) in [7, 11) is 0. The molecule has 0 bridgehead atoms. The van der Waals surface area contributed by atoms with Gasteiger partial charge in [-0.1, -0.05) is 0 Å². The topological polar surface area (TPSA) is 246 Å². The van der Waals surface area contributed by atoms with E-state index in [9.17, 15) is 24.0 Å². The highest BCUT2D eigenvalue weighted by atomic mass is 35.5. The van der Waals surface area contributed by atoms with Crippen molar-refractivity contribution in [3.8, 4) is 0 Å². The van der Waals surface area contributed by atoms with Crippen molar-refractivity contribution in [2.45, 2.75) is 44.7 Å². The maximum absolute atomic E-state index is 11.7. The van der Waals surface area contributed by atoms with Crippen molar-refractivity contribution in [1.82, 2.24) is 10.6 Å². The lowest BCUT2D eigenvalue weighted by molar-refractivity contribution is -0.142. The molecule has 2 atom stereocenters. The van der Waals surface area contributed by atoms with Crippen LogP contribution in [-0.4, -0.2) is 65.2 Å². The molecule has 0 aliphatic heterocycles. The Balaban J connectivity index is 0. The Bertz CT molecular complexity index is 606. The zero-order valence-electron chi connectivity index (χ0n) is 16.0. The summed E-state index contributed by atoms with van der Waals surface area (Å²) in [5, 5.41) is 13.2.